The second-order valence-corrected chi connectivity index (χ2v) is 6.70. The Morgan fingerprint density at radius 1 is 0.875 bits per heavy atom. The summed E-state index contributed by atoms with van der Waals surface area (Å²) in [5.74, 6) is -0.254. The molecule has 0 aromatic heterocycles. The molecule has 0 aliphatic carbocycles. The summed E-state index contributed by atoms with van der Waals surface area (Å²) in [7, 11) is 0. The van der Waals surface area contributed by atoms with Gasteiger partial charge in [0.25, 0.3) is 5.91 Å². The van der Waals surface area contributed by atoms with Gasteiger partial charge in [0, 0.05) is 12.1 Å². The third kappa shape index (κ3) is 4.60. The van der Waals surface area contributed by atoms with Crippen molar-refractivity contribution in [1.82, 2.24) is 5.32 Å². The number of carbonyl (C=O) groups is 1. The fourth-order valence-corrected chi connectivity index (χ4v) is 2.22. The maximum Gasteiger partial charge on any atom is 0.416 e. The SMILES string of the molecule is CC(C)(C)c1ccc(C(=O)NCc2ccc(C(F)(F)F)cc2)cc1. The number of nitrogens with one attached hydrogen (secondary N) is 1. The molecule has 24 heavy (non-hydrogen) atoms. The average molecular weight is 335 g/mol. The lowest BCUT2D eigenvalue weighted by Crippen LogP contribution is -2.23. The molecule has 2 aromatic carbocycles. The van der Waals surface area contributed by atoms with Crippen molar-refractivity contribution in [2.24, 2.45) is 0 Å². The minimum atomic E-state index is -4.35. The summed E-state index contributed by atoms with van der Waals surface area (Å²) in [6, 6.07) is 12.1. The van der Waals surface area contributed by atoms with E-state index in [-0.39, 0.29) is 17.9 Å². The van der Waals surface area contributed by atoms with Gasteiger partial charge in [-0.3, -0.25) is 4.79 Å². The predicted molar refractivity (Wildman–Crippen MR) is 87.8 cm³/mol. The molecule has 0 bridgehead atoms. The second kappa shape index (κ2) is 6.67. The molecule has 0 atom stereocenters. The van der Waals surface area contributed by atoms with Gasteiger partial charge in [-0.05, 0) is 40.8 Å². The molecule has 0 saturated heterocycles. The summed E-state index contributed by atoms with van der Waals surface area (Å²) in [6.07, 6.45) is -4.35. The normalized spacial score (nSPS) is 12.1. The summed E-state index contributed by atoms with van der Waals surface area (Å²) < 4.78 is 37.5. The molecule has 0 spiro atoms. The van der Waals surface area contributed by atoms with Gasteiger partial charge in [-0.1, -0.05) is 45.0 Å². The van der Waals surface area contributed by atoms with E-state index in [1.807, 2.05) is 12.1 Å². The van der Waals surface area contributed by atoms with Crippen LogP contribution in [0.3, 0.4) is 0 Å². The van der Waals surface area contributed by atoms with E-state index in [2.05, 4.69) is 26.1 Å². The number of benzene rings is 2. The molecule has 2 aromatic rings. The number of amides is 1. The summed E-state index contributed by atoms with van der Waals surface area (Å²) in [6.45, 7) is 6.45. The number of hydrogen-bond acceptors (Lipinski definition) is 1. The number of halogens is 3. The summed E-state index contributed by atoms with van der Waals surface area (Å²) in [5.41, 5.74) is 1.57. The van der Waals surface area contributed by atoms with E-state index in [1.165, 1.54) is 12.1 Å². The fourth-order valence-electron chi connectivity index (χ4n) is 2.22. The van der Waals surface area contributed by atoms with Gasteiger partial charge in [-0.15, -0.1) is 0 Å². The number of hydrogen-bond donors (Lipinski definition) is 1. The number of alkyl halides is 3. The van der Waals surface area contributed by atoms with Gasteiger partial charge in [0.05, 0.1) is 5.56 Å². The lowest BCUT2D eigenvalue weighted by molar-refractivity contribution is -0.137. The molecule has 0 fully saturated rings. The van der Waals surface area contributed by atoms with Crippen LogP contribution < -0.4 is 5.32 Å². The molecule has 1 amide bonds. The van der Waals surface area contributed by atoms with Gasteiger partial charge in [-0.25, -0.2) is 0 Å². The van der Waals surface area contributed by atoms with E-state index in [4.69, 9.17) is 0 Å². The van der Waals surface area contributed by atoms with Crippen molar-refractivity contribution >= 4 is 5.91 Å². The molecule has 128 valence electrons. The zero-order chi connectivity index (χ0) is 18.0. The highest BCUT2D eigenvalue weighted by atomic mass is 19.4. The van der Waals surface area contributed by atoms with Crippen molar-refractivity contribution in [2.45, 2.75) is 38.9 Å². The fraction of sp³-hybridized carbons (Fsp3) is 0.316. The van der Waals surface area contributed by atoms with Crippen LogP contribution in [0.25, 0.3) is 0 Å². The first-order chi connectivity index (χ1) is 11.1. The van der Waals surface area contributed by atoms with Gasteiger partial charge >= 0.3 is 6.18 Å². The van der Waals surface area contributed by atoms with Crippen molar-refractivity contribution in [3.8, 4) is 0 Å². The van der Waals surface area contributed by atoms with Crippen LogP contribution in [-0.2, 0) is 18.1 Å². The van der Waals surface area contributed by atoms with Gasteiger partial charge in [0.2, 0.25) is 0 Å². The van der Waals surface area contributed by atoms with Crippen molar-refractivity contribution in [3.05, 3.63) is 70.8 Å². The smallest absolute Gasteiger partial charge is 0.348 e. The Hall–Kier alpha value is -2.30. The van der Waals surface area contributed by atoms with E-state index in [0.717, 1.165) is 17.7 Å². The quantitative estimate of drug-likeness (QED) is 0.846. The van der Waals surface area contributed by atoms with E-state index in [1.54, 1.807) is 12.1 Å². The maximum atomic E-state index is 12.5. The zero-order valence-corrected chi connectivity index (χ0v) is 13.9. The average Bonchev–Trinajstić information content (AvgIpc) is 2.51. The topological polar surface area (TPSA) is 29.1 Å². The first kappa shape index (κ1) is 18.0. The van der Waals surface area contributed by atoms with Crippen LogP contribution in [-0.4, -0.2) is 5.91 Å². The van der Waals surface area contributed by atoms with Crippen molar-refractivity contribution in [1.29, 1.82) is 0 Å². The molecule has 0 aliphatic rings. The molecule has 0 radical (unpaired) electrons. The van der Waals surface area contributed by atoms with Gasteiger partial charge in [0.15, 0.2) is 0 Å². The third-order valence-electron chi connectivity index (χ3n) is 3.75. The highest BCUT2D eigenvalue weighted by Gasteiger charge is 2.29. The first-order valence-electron chi connectivity index (χ1n) is 7.62. The van der Waals surface area contributed by atoms with E-state index in [9.17, 15) is 18.0 Å². The molecule has 2 rings (SSSR count). The van der Waals surface area contributed by atoms with Crippen LogP contribution in [0.4, 0.5) is 13.2 Å². The van der Waals surface area contributed by atoms with Crippen molar-refractivity contribution in [2.75, 3.05) is 0 Å². The summed E-state index contributed by atoms with van der Waals surface area (Å²) >= 11 is 0. The van der Waals surface area contributed by atoms with Crippen LogP contribution in [0.5, 0.6) is 0 Å². The first-order valence-corrected chi connectivity index (χ1v) is 7.62. The summed E-state index contributed by atoms with van der Waals surface area (Å²) in [5, 5.41) is 2.71. The van der Waals surface area contributed by atoms with Gasteiger partial charge in [-0.2, -0.15) is 13.2 Å². The molecule has 0 saturated carbocycles. The van der Waals surface area contributed by atoms with Crippen LogP contribution in [0.2, 0.25) is 0 Å². The standard InChI is InChI=1S/C19H20F3NO/c1-18(2,3)15-10-6-14(7-11-15)17(24)23-12-13-4-8-16(9-5-13)19(20,21)22/h4-11H,12H2,1-3H3,(H,23,24). The largest absolute Gasteiger partial charge is 0.416 e. The van der Waals surface area contributed by atoms with E-state index in [0.29, 0.717) is 11.1 Å². The van der Waals surface area contributed by atoms with Crippen molar-refractivity contribution in [3.63, 3.8) is 0 Å². The number of carbonyl (C=O) groups excluding carboxylic acids is 1. The van der Waals surface area contributed by atoms with Crippen LogP contribution in [0.1, 0.15) is 47.8 Å². The van der Waals surface area contributed by atoms with E-state index >= 15 is 0 Å². The maximum absolute atomic E-state index is 12.5. The Kier molecular flexibility index (Phi) is 5.02. The highest BCUT2D eigenvalue weighted by molar-refractivity contribution is 5.94. The summed E-state index contributed by atoms with van der Waals surface area (Å²) in [4.78, 5) is 12.1. The third-order valence-corrected chi connectivity index (χ3v) is 3.75. The van der Waals surface area contributed by atoms with Crippen LogP contribution >= 0.6 is 0 Å². The Balaban J connectivity index is 1.98. The molecule has 2 nitrogen and oxygen atoms in total. The molecule has 0 aliphatic heterocycles. The minimum Gasteiger partial charge on any atom is -0.348 e. The Labute approximate surface area is 139 Å². The number of rotatable bonds is 3. The molecular weight excluding hydrogens is 315 g/mol. The minimum absolute atomic E-state index is 0.00916. The van der Waals surface area contributed by atoms with Gasteiger partial charge in [0.1, 0.15) is 0 Å². The van der Waals surface area contributed by atoms with Crippen LogP contribution in [0, 0.1) is 0 Å². The predicted octanol–water partition coefficient (Wildman–Crippen LogP) is 4.93. The molecule has 5 heteroatoms. The Morgan fingerprint density at radius 3 is 1.83 bits per heavy atom. The lowest BCUT2D eigenvalue weighted by Gasteiger charge is -2.19. The van der Waals surface area contributed by atoms with E-state index < -0.39 is 11.7 Å². The Bertz CT molecular complexity index is 695. The highest BCUT2D eigenvalue weighted by Crippen LogP contribution is 2.29. The lowest BCUT2D eigenvalue weighted by atomic mass is 9.87. The zero-order valence-electron chi connectivity index (χ0n) is 13.9. The molecule has 0 unspecified atom stereocenters. The Morgan fingerprint density at radius 2 is 1.38 bits per heavy atom. The monoisotopic (exact) mass is 335 g/mol. The molecule has 1 N–H and O–H groups in total. The molecular formula is C19H20F3NO. The van der Waals surface area contributed by atoms with Gasteiger partial charge < -0.3 is 5.32 Å². The molecule has 0 heterocycles. The second-order valence-electron chi connectivity index (χ2n) is 6.70. The van der Waals surface area contributed by atoms with Crippen molar-refractivity contribution < 1.29 is 18.0 Å². The van der Waals surface area contributed by atoms with Crippen LogP contribution in [0.15, 0.2) is 48.5 Å².